The number of aromatic nitrogens is 1. The topological polar surface area (TPSA) is 68.3 Å². The lowest BCUT2D eigenvalue weighted by molar-refractivity contribution is -0.142. The molecule has 1 aromatic heterocycles. The van der Waals surface area contributed by atoms with Gasteiger partial charge in [-0.05, 0) is 25.1 Å². The van der Waals surface area contributed by atoms with Gasteiger partial charge >= 0.3 is 5.97 Å². The van der Waals surface area contributed by atoms with Crippen molar-refractivity contribution in [2.75, 3.05) is 11.9 Å². The Morgan fingerprint density at radius 3 is 2.80 bits per heavy atom. The van der Waals surface area contributed by atoms with Crippen molar-refractivity contribution >= 4 is 28.3 Å². The lowest BCUT2D eigenvalue weighted by Gasteiger charge is -2.02. The van der Waals surface area contributed by atoms with Crippen molar-refractivity contribution in [2.24, 2.45) is 0 Å². The van der Waals surface area contributed by atoms with E-state index < -0.39 is 30.1 Å². The molecular formula is C17H14F2N2O3S. The van der Waals surface area contributed by atoms with E-state index in [4.69, 9.17) is 4.74 Å². The predicted octanol–water partition coefficient (Wildman–Crippen LogP) is 3.70. The van der Waals surface area contributed by atoms with Gasteiger partial charge in [-0.1, -0.05) is 18.2 Å². The first-order valence-electron chi connectivity index (χ1n) is 7.16. The third-order valence-electron chi connectivity index (χ3n) is 2.85. The molecule has 0 fully saturated rings. The minimum atomic E-state index is -0.978. The van der Waals surface area contributed by atoms with E-state index >= 15 is 0 Å². The Bertz CT molecular complexity index is 831. The molecule has 0 radical (unpaired) electrons. The molecule has 0 aliphatic heterocycles. The van der Waals surface area contributed by atoms with Crippen LogP contribution in [0.2, 0.25) is 0 Å². The van der Waals surface area contributed by atoms with Crippen LogP contribution in [0.5, 0.6) is 0 Å². The van der Waals surface area contributed by atoms with Gasteiger partial charge in [-0.3, -0.25) is 10.1 Å². The summed E-state index contributed by atoms with van der Waals surface area (Å²) in [6.07, 6.45) is 6.08. The van der Waals surface area contributed by atoms with Crippen molar-refractivity contribution in [3.8, 4) is 11.3 Å². The van der Waals surface area contributed by atoms with Gasteiger partial charge in [0, 0.05) is 17.0 Å². The number of carbonyl (C=O) groups excluding carboxylic acids is 2. The molecule has 130 valence electrons. The summed E-state index contributed by atoms with van der Waals surface area (Å²) < 4.78 is 30.9. The normalized spacial score (nSPS) is 11.2. The number of rotatable bonds is 6. The number of anilines is 1. The summed E-state index contributed by atoms with van der Waals surface area (Å²) in [5.41, 5.74) is 0.779. The van der Waals surface area contributed by atoms with Gasteiger partial charge in [0.05, 0.1) is 5.69 Å². The summed E-state index contributed by atoms with van der Waals surface area (Å²) in [5.74, 6) is -3.12. The number of nitrogens with zero attached hydrogens (tertiary/aromatic N) is 1. The molecule has 2 rings (SSSR count). The van der Waals surface area contributed by atoms with E-state index in [2.05, 4.69) is 10.3 Å². The van der Waals surface area contributed by atoms with Crippen molar-refractivity contribution in [2.45, 2.75) is 6.92 Å². The molecule has 0 aliphatic rings. The Morgan fingerprint density at radius 1 is 1.28 bits per heavy atom. The van der Waals surface area contributed by atoms with Crippen molar-refractivity contribution < 1.29 is 23.1 Å². The molecule has 5 nitrogen and oxygen atoms in total. The number of thiazole rings is 1. The molecule has 0 spiro atoms. The van der Waals surface area contributed by atoms with Crippen LogP contribution in [0.1, 0.15) is 6.92 Å². The minimum absolute atomic E-state index is 0.255. The Morgan fingerprint density at radius 2 is 2.08 bits per heavy atom. The Hall–Kier alpha value is -2.87. The molecule has 2 aromatic rings. The van der Waals surface area contributed by atoms with E-state index in [1.807, 2.05) is 0 Å². The number of hydrogen-bond donors (Lipinski definition) is 1. The largest absolute Gasteiger partial charge is 0.452 e. The summed E-state index contributed by atoms with van der Waals surface area (Å²) in [7, 11) is 0. The number of esters is 1. The SMILES string of the molecule is C/C=C/C=C/C(=O)OCC(=O)Nc1nc(-c2ccc(F)c(F)c2)cs1. The number of carbonyl (C=O) groups is 2. The van der Waals surface area contributed by atoms with Crippen molar-refractivity contribution in [3.05, 3.63) is 59.5 Å². The third-order valence-corrected chi connectivity index (χ3v) is 3.61. The summed E-state index contributed by atoms with van der Waals surface area (Å²) in [6.45, 7) is 1.34. The fraction of sp³-hybridized carbons (Fsp3) is 0.118. The molecule has 0 atom stereocenters. The van der Waals surface area contributed by atoms with Crippen LogP contribution in [-0.4, -0.2) is 23.5 Å². The van der Waals surface area contributed by atoms with E-state index in [1.54, 1.807) is 24.5 Å². The van der Waals surface area contributed by atoms with Crippen molar-refractivity contribution in [1.82, 2.24) is 4.98 Å². The standard InChI is InChI=1S/C17H14F2N2O3S/c1-2-3-4-5-16(23)24-9-15(22)21-17-20-14(10-25-17)11-6-7-12(18)13(19)8-11/h2-8,10H,9H2,1H3,(H,20,21,22)/b3-2+,5-4+. The van der Waals surface area contributed by atoms with E-state index in [9.17, 15) is 18.4 Å². The van der Waals surface area contributed by atoms with E-state index in [1.165, 1.54) is 18.2 Å². The quantitative estimate of drug-likeness (QED) is 0.482. The van der Waals surface area contributed by atoms with Crippen LogP contribution in [0.15, 0.2) is 47.9 Å². The van der Waals surface area contributed by atoms with Crippen LogP contribution in [0.3, 0.4) is 0 Å². The fourth-order valence-corrected chi connectivity index (χ4v) is 2.44. The number of allylic oxidation sites excluding steroid dienone is 3. The number of amides is 1. The van der Waals surface area contributed by atoms with E-state index in [0.29, 0.717) is 11.3 Å². The van der Waals surface area contributed by atoms with Crippen LogP contribution >= 0.6 is 11.3 Å². The smallest absolute Gasteiger partial charge is 0.331 e. The van der Waals surface area contributed by atoms with E-state index in [0.717, 1.165) is 23.5 Å². The Labute approximate surface area is 146 Å². The zero-order valence-electron chi connectivity index (χ0n) is 13.2. The lowest BCUT2D eigenvalue weighted by atomic mass is 10.2. The average molecular weight is 364 g/mol. The highest BCUT2D eigenvalue weighted by molar-refractivity contribution is 7.14. The molecule has 25 heavy (non-hydrogen) atoms. The van der Waals surface area contributed by atoms with Gasteiger partial charge in [-0.15, -0.1) is 11.3 Å². The number of halogens is 2. The highest BCUT2D eigenvalue weighted by atomic mass is 32.1. The zero-order chi connectivity index (χ0) is 18.2. The number of nitrogens with one attached hydrogen (secondary N) is 1. The van der Waals surface area contributed by atoms with Crippen molar-refractivity contribution in [3.63, 3.8) is 0 Å². The number of hydrogen-bond acceptors (Lipinski definition) is 5. The maximum Gasteiger partial charge on any atom is 0.331 e. The van der Waals surface area contributed by atoms with Crippen LogP contribution in [0.4, 0.5) is 13.9 Å². The second-order valence-corrected chi connectivity index (χ2v) is 5.57. The van der Waals surface area contributed by atoms with Gasteiger partial charge in [0.2, 0.25) is 0 Å². The monoisotopic (exact) mass is 364 g/mol. The van der Waals surface area contributed by atoms with Gasteiger partial charge in [0.1, 0.15) is 0 Å². The minimum Gasteiger partial charge on any atom is -0.452 e. The first-order chi connectivity index (χ1) is 12.0. The molecule has 1 amide bonds. The highest BCUT2D eigenvalue weighted by Gasteiger charge is 2.11. The van der Waals surface area contributed by atoms with Crippen LogP contribution in [0.25, 0.3) is 11.3 Å². The van der Waals surface area contributed by atoms with Gasteiger partial charge < -0.3 is 4.74 Å². The third kappa shape index (κ3) is 5.61. The molecule has 0 saturated carbocycles. The van der Waals surface area contributed by atoms with Gasteiger partial charge in [-0.25, -0.2) is 18.6 Å². The Kier molecular flexibility index (Phi) is 6.53. The maximum absolute atomic E-state index is 13.2. The van der Waals surface area contributed by atoms with Crippen LogP contribution in [-0.2, 0) is 14.3 Å². The first-order valence-corrected chi connectivity index (χ1v) is 8.04. The van der Waals surface area contributed by atoms with Crippen LogP contribution < -0.4 is 5.32 Å². The van der Waals surface area contributed by atoms with Crippen molar-refractivity contribution in [1.29, 1.82) is 0 Å². The molecule has 1 heterocycles. The summed E-state index contributed by atoms with van der Waals surface area (Å²) in [6, 6.07) is 3.41. The predicted molar refractivity (Wildman–Crippen MR) is 91.0 cm³/mol. The molecule has 0 bridgehead atoms. The van der Waals surface area contributed by atoms with E-state index in [-0.39, 0.29) is 5.13 Å². The highest BCUT2D eigenvalue weighted by Crippen LogP contribution is 2.26. The number of ether oxygens (including phenoxy) is 1. The second-order valence-electron chi connectivity index (χ2n) is 4.71. The summed E-state index contributed by atoms with van der Waals surface area (Å²) >= 11 is 1.11. The zero-order valence-corrected chi connectivity index (χ0v) is 14.0. The molecule has 0 unspecified atom stereocenters. The first kappa shape index (κ1) is 18.5. The molecule has 1 N–H and O–H groups in total. The van der Waals surface area contributed by atoms with Crippen LogP contribution in [0, 0.1) is 11.6 Å². The van der Waals surface area contributed by atoms with Gasteiger partial charge in [0.25, 0.3) is 5.91 Å². The average Bonchev–Trinajstić information content (AvgIpc) is 3.04. The molecule has 1 aromatic carbocycles. The Balaban J connectivity index is 1.91. The summed E-state index contributed by atoms with van der Waals surface area (Å²) in [4.78, 5) is 27.2. The second kappa shape index (κ2) is 8.84. The molecule has 0 saturated heterocycles. The lowest BCUT2D eigenvalue weighted by Crippen LogP contribution is -2.20. The molecule has 0 aliphatic carbocycles. The fourth-order valence-electron chi connectivity index (χ4n) is 1.70. The maximum atomic E-state index is 13.2. The van der Waals surface area contributed by atoms with Gasteiger partial charge in [-0.2, -0.15) is 0 Å². The summed E-state index contributed by atoms with van der Waals surface area (Å²) in [5, 5.41) is 4.31. The molecule has 8 heteroatoms. The number of benzene rings is 1. The van der Waals surface area contributed by atoms with Gasteiger partial charge in [0.15, 0.2) is 23.4 Å². The molecular weight excluding hydrogens is 350 g/mol.